The van der Waals surface area contributed by atoms with E-state index in [1.165, 1.54) is 43.4 Å². The molecule has 0 radical (unpaired) electrons. The standard InChI is InChI=1S/C16H11Cl3N2O4S/c1-21-12-5-2-8(17)6-13(12)26(24,25)14(16(21)23)15(22)20-9-3-4-10(18)11(19)7-9/h2-7,14H,1H3,(H,20,22). The first-order valence-corrected chi connectivity index (χ1v) is 9.88. The molecule has 0 fully saturated rings. The molecule has 0 spiro atoms. The van der Waals surface area contributed by atoms with Crippen molar-refractivity contribution in [3.05, 3.63) is 51.5 Å². The Morgan fingerprint density at radius 2 is 1.77 bits per heavy atom. The summed E-state index contributed by atoms with van der Waals surface area (Å²) in [4.78, 5) is 26.1. The van der Waals surface area contributed by atoms with Crippen molar-refractivity contribution in [3.63, 3.8) is 0 Å². The number of hydrogen-bond acceptors (Lipinski definition) is 4. The van der Waals surface area contributed by atoms with Crippen molar-refractivity contribution in [2.75, 3.05) is 17.3 Å². The average Bonchev–Trinajstić information content (AvgIpc) is 2.56. The maximum absolute atomic E-state index is 12.9. The molecule has 1 unspecified atom stereocenters. The van der Waals surface area contributed by atoms with Gasteiger partial charge in [0.05, 0.1) is 20.6 Å². The highest BCUT2D eigenvalue weighted by atomic mass is 35.5. The maximum Gasteiger partial charge on any atom is 0.255 e. The molecule has 2 aromatic rings. The second-order valence-electron chi connectivity index (χ2n) is 5.55. The fourth-order valence-corrected chi connectivity index (χ4v) is 4.92. The Kier molecular flexibility index (Phi) is 4.92. The minimum absolute atomic E-state index is 0.165. The van der Waals surface area contributed by atoms with Crippen molar-refractivity contribution in [1.82, 2.24) is 0 Å². The summed E-state index contributed by atoms with van der Waals surface area (Å²) < 4.78 is 25.7. The van der Waals surface area contributed by atoms with Crippen molar-refractivity contribution >= 4 is 67.8 Å². The number of rotatable bonds is 2. The number of nitrogens with one attached hydrogen (secondary N) is 1. The lowest BCUT2D eigenvalue weighted by atomic mass is 10.2. The van der Waals surface area contributed by atoms with Crippen LogP contribution in [0.4, 0.5) is 11.4 Å². The number of hydrogen-bond donors (Lipinski definition) is 1. The summed E-state index contributed by atoms with van der Waals surface area (Å²) in [7, 11) is -2.88. The molecule has 0 aliphatic carbocycles. The van der Waals surface area contributed by atoms with Gasteiger partial charge in [-0.3, -0.25) is 9.59 Å². The highest BCUT2D eigenvalue weighted by molar-refractivity contribution is 7.94. The zero-order valence-corrected chi connectivity index (χ0v) is 16.2. The summed E-state index contributed by atoms with van der Waals surface area (Å²) in [6.07, 6.45) is 0. The molecule has 0 aromatic heterocycles. The molecule has 3 rings (SSSR count). The Bertz CT molecular complexity index is 1040. The second-order valence-corrected chi connectivity index (χ2v) is 8.80. The minimum atomic E-state index is -4.27. The van der Waals surface area contributed by atoms with E-state index < -0.39 is 26.9 Å². The number of halogens is 3. The van der Waals surface area contributed by atoms with Gasteiger partial charge in [-0.05, 0) is 36.4 Å². The van der Waals surface area contributed by atoms with Gasteiger partial charge in [-0.15, -0.1) is 0 Å². The predicted molar refractivity (Wildman–Crippen MR) is 101 cm³/mol. The summed E-state index contributed by atoms with van der Waals surface area (Å²) in [5.41, 5.74) is 0.380. The van der Waals surface area contributed by atoms with E-state index in [0.717, 1.165) is 4.90 Å². The molecule has 0 saturated carbocycles. The monoisotopic (exact) mass is 432 g/mol. The molecule has 1 N–H and O–H groups in total. The largest absolute Gasteiger partial charge is 0.324 e. The third kappa shape index (κ3) is 3.16. The van der Waals surface area contributed by atoms with Crippen LogP contribution in [0.15, 0.2) is 41.3 Å². The van der Waals surface area contributed by atoms with Crippen LogP contribution in [0.3, 0.4) is 0 Å². The smallest absolute Gasteiger partial charge is 0.255 e. The van der Waals surface area contributed by atoms with Crippen LogP contribution in [0.25, 0.3) is 0 Å². The molecule has 26 heavy (non-hydrogen) atoms. The van der Waals surface area contributed by atoms with Gasteiger partial charge in [-0.25, -0.2) is 8.42 Å². The number of nitrogens with zero attached hydrogens (tertiary/aromatic N) is 1. The molecule has 6 nitrogen and oxygen atoms in total. The average molecular weight is 434 g/mol. The van der Waals surface area contributed by atoms with Gasteiger partial charge in [0.25, 0.3) is 11.8 Å². The van der Waals surface area contributed by atoms with Gasteiger partial charge in [-0.1, -0.05) is 34.8 Å². The molecule has 10 heteroatoms. The van der Waals surface area contributed by atoms with Crippen molar-refractivity contribution in [2.24, 2.45) is 0 Å². The molecule has 1 heterocycles. The topological polar surface area (TPSA) is 83.6 Å². The molecule has 1 aliphatic heterocycles. The van der Waals surface area contributed by atoms with Crippen LogP contribution in [0.1, 0.15) is 0 Å². The van der Waals surface area contributed by atoms with Gasteiger partial charge in [0.15, 0.2) is 0 Å². The molecule has 0 saturated heterocycles. The van der Waals surface area contributed by atoms with E-state index in [1.807, 2.05) is 0 Å². The van der Waals surface area contributed by atoms with E-state index in [2.05, 4.69) is 5.32 Å². The van der Waals surface area contributed by atoms with Crippen molar-refractivity contribution in [1.29, 1.82) is 0 Å². The van der Waals surface area contributed by atoms with Gasteiger partial charge < -0.3 is 10.2 Å². The summed E-state index contributed by atoms with van der Waals surface area (Å²) in [5.74, 6) is -1.86. The van der Waals surface area contributed by atoms with E-state index in [9.17, 15) is 18.0 Å². The van der Waals surface area contributed by atoms with Crippen LogP contribution >= 0.6 is 34.8 Å². The predicted octanol–water partition coefficient (Wildman–Crippen LogP) is 3.40. The third-order valence-electron chi connectivity index (χ3n) is 3.88. The Balaban J connectivity index is 2.02. The number of anilines is 2. The maximum atomic E-state index is 12.9. The van der Waals surface area contributed by atoms with E-state index in [4.69, 9.17) is 34.8 Å². The highest BCUT2D eigenvalue weighted by Gasteiger charge is 2.47. The summed E-state index contributed by atoms with van der Waals surface area (Å²) in [6.45, 7) is 0. The zero-order chi connectivity index (χ0) is 19.2. The van der Waals surface area contributed by atoms with Gasteiger partial charge in [0.1, 0.15) is 0 Å². The van der Waals surface area contributed by atoms with Crippen molar-refractivity contribution in [3.8, 4) is 0 Å². The van der Waals surface area contributed by atoms with E-state index in [1.54, 1.807) is 0 Å². The zero-order valence-electron chi connectivity index (χ0n) is 13.2. The molecule has 2 aromatic carbocycles. The van der Waals surface area contributed by atoms with E-state index in [0.29, 0.717) is 0 Å². The van der Waals surface area contributed by atoms with Crippen molar-refractivity contribution in [2.45, 2.75) is 10.1 Å². The minimum Gasteiger partial charge on any atom is -0.324 e. The second kappa shape index (κ2) is 6.74. The molecule has 2 amide bonds. The molecule has 1 aliphatic rings. The van der Waals surface area contributed by atoms with Gasteiger partial charge in [0.2, 0.25) is 15.1 Å². The molecule has 136 valence electrons. The van der Waals surface area contributed by atoms with E-state index in [-0.39, 0.29) is 31.3 Å². The van der Waals surface area contributed by atoms with Crippen LogP contribution < -0.4 is 10.2 Å². The van der Waals surface area contributed by atoms with Crippen LogP contribution in [-0.2, 0) is 19.4 Å². The van der Waals surface area contributed by atoms with Crippen LogP contribution in [0.2, 0.25) is 15.1 Å². The lowest BCUT2D eigenvalue weighted by molar-refractivity contribution is -0.124. The van der Waals surface area contributed by atoms with E-state index >= 15 is 0 Å². The first-order valence-electron chi connectivity index (χ1n) is 7.20. The summed E-state index contributed by atoms with van der Waals surface area (Å²) >= 11 is 17.6. The fraction of sp³-hybridized carbons (Fsp3) is 0.125. The first kappa shape index (κ1) is 19.0. The normalized spacial score (nSPS) is 18.4. The van der Waals surface area contributed by atoms with Crippen LogP contribution in [0.5, 0.6) is 0 Å². The summed E-state index contributed by atoms with van der Waals surface area (Å²) in [5, 5.41) is 1.08. The first-order chi connectivity index (χ1) is 12.1. The quantitative estimate of drug-likeness (QED) is 0.736. The number of carbonyl (C=O) groups is 2. The Labute approximate surface area is 164 Å². The van der Waals surface area contributed by atoms with Crippen LogP contribution in [0, 0.1) is 0 Å². The molecule has 0 bridgehead atoms. The number of fused-ring (bicyclic) bond motifs is 1. The Morgan fingerprint density at radius 3 is 2.42 bits per heavy atom. The van der Waals surface area contributed by atoms with Gasteiger partial charge in [-0.2, -0.15) is 0 Å². The lowest BCUT2D eigenvalue weighted by Crippen LogP contribution is -2.51. The summed E-state index contributed by atoms with van der Waals surface area (Å²) in [6, 6.07) is 8.35. The number of amides is 2. The molecule has 1 atom stereocenters. The lowest BCUT2D eigenvalue weighted by Gasteiger charge is -2.30. The number of benzene rings is 2. The SMILES string of the molecule is CN1C(=O)C(C(=O)Nc2ccc(Cl)c(Cl)c2)S(=O)(=O)c2cc(Cl)ccc21. The van der Waals surface area contributed by atoms with Gasteiger partial charge >= 0.3 is 0 Å². The Hall–Kier alpha value is -1.80. The fourth-order valence-electron chi connectivity index (χ4n) is 2.58. The molecular weight excluding hydrogens is 423 g/mol. The third-order valence-corrected chi connectivity index (χ3v) is 6.83. The number of sulfone groups is 1. The Morgan fingerprint density at radius 1 is 1.08 bits per heavy atom. The number of carbonyl (C=O) groups excluding carboxylic acids is 2. The van der Waals surface area contributed by atoms with Crippen LogP contribution in [-0.4, -0.2) is 32.5 Å². The van der Waals surface area contributed by atoms with Crippen molar-refractivity contribution < 1.29 is 18.0 Å². The van der Waals surface area contributed by atoms with Gasteiger partial charge in [0, 0.05) is 17.8 Å². The highest BCUT2D eigenvalue weighted by Crippen LogP contribution is 2.36. The molecular formula is C16H11Cl3N2O4S.